The molecule has 4 heteroatoms. The Morgan fingerprint density at radius 3 is 2.93 bits per heavy atom. The molecule has 0 bridgehead atoms. The maximum Gasteiger partial charge on any atom is 0.333 e. The second-order valence-electron chi connectivity index (χ2n) is 4.36. The molecule has 1 aliphatic heterocycles. The van der Waals surface area contributed by atoms with Crippen LogP contribution in [0.4, 0.5) is 0 Å². The first-order valence-electron chi connectivity index (χ1n) is 5.16. The van der Waals surface area contributed by atoms with Gasteiger partial charge in [0.2, 0.25) is 0 Å². The largest absolute Gasteiger partial charge is 0.466 e. The number of ether oxygens (including phenoxy) is 3. The average Bonchev–Trinajstić information content (AvgIpc) is 2.49. The lowest BCUT2D eigenvalue weighted by atomic mass is 9.95. The van der Waals surface area contributed by atoms with Crippen LogP contribution >= 0.6 is 0 Å². The predicted molar refractivity (Wildman–Crippen MR) is 53.2 cm³/mol. The summed E-state index contributed by atoms with van der Waals surface area (Å²) in [5.74, 6) is -0.807. The van der Waals surface area contributed by atoms with Gasteiger partial charge in [0.05, 0.1) is 13.2 Å². The molecule has 15 heavy (non-hydrogen) atoms. The lowest BCUT2D eigenvalue weighted by molar-refractivity contribution is -0.142. The van der Waals surface area contributed by atoms with E-state index in [-0.39, 0.29) is 18.2 Å². The first kappa shape index (κ1) is 10.6. The van der Waals surface area contributed by atoms with Crippen LogP contribution in [0.25, 0.3) is 0 Å². The van der Waals surface area contributed by atoms with Gasteiger partial charge in [-0.3, -0.25) is 0 Å². The van der Waals surface area contributed by atoms with Crippen LogP contribution < -0.4 is 0 Å². The van der Waals surface area contributed by atoms with E-state index >= 15 is 0 Å². The van der Waals surface area contributed by atoms with E-state index in [0.29, 0.717) is 12.0 Å². The van der Waals surface area contributed by atoms with Gasteiger partial charge < -0.3 is 14.2 Å². The minimum atomic E-state index is -0.544. The van der Waals surface area contributed by atoms with Crippen LogP contribution in [0.5, 0.6) is 0 Å². The van der Waals surface area contributed by atoms with Crippen molar-refractivity contribution in [3.63, 3.8) is 0 Å². The smallest absolute Gasteiger partial charge is 0.333 e. The molecule has 0 saturated carbocycles. The Balaban J connectivity index is 2.13. The molecule has 0 N–H and O–H groups in total. The van der Waals surface area contributed by atoms with Crippen LogP contribution in [-0.4, -0.2) is 31.1 Å². The Labute approximate surface area is 89.2 Å². The van der Waals surface area contributed by atoms with Crippen LogP contribution in [0.3, 0.4) is 0 Å². The molecule has 0 aromatic heterocycles. The lowest BCUT2D eigenvalue weighted by Crippen LogP contribution is -2.26. The highest BCUT2D eigenvalue weighted by Crippen LogP contribution is 2.35. The van der Waals surface area contributed by atoms with Crippen molar-refractivity contribution in [3.05, 3.63) is 11.6 Å². The second kappa shape index (κ2) is 3.61. The molecule has 4 nitrogen and oxygen atoms in total. The van der Waals surface area contributed by atoms with E-state index in [0.717, 1.165) is 6.42 Å². The number of carbonyl (C=O) groups is 1. The summed E-state index contributed by atoms with van der Waals surface area (Å²) in [6, 6.07) is 0. The molecule has 1 aliphatic carbocycles. The second-order valence-corrected chi connectivity index (χ2v) is 4.36. The van der Waals surface area contributed by atoms with Gasteiger partial charge in [0.15, 0.2) is 5.79 Å². The Bertz CT molecular complexity index is 306. The number of hydrogen-bond donors (Lipinski definition) is 0. The van der Waals surface area contributed by atoms with Crippen molar-refractivity contribution in [1.82, 2.24) is 0 Å². The molecule has 0 amide bonds. The summed E-state index contributed by atoms with van der Waals surface area (Å²) in [5.41, 5.74) is 0.694. The highest BCUT2D eigenvalue weighted by molar-refractivity contribution is 5.88. The third-order valence-corrected chi connectivity index (χ3v) is 2.73. The van der Waals surface area contributed by atoms with Gasteiger partial charge in [-0.05, 0) is 32.8 Å². The third-order valence-electron chi connectivity index (χ3n) is 2.73. The van der Waals surface area contributed by atoms with Crippen molar-refractivity contribution in [2.24, 2.45) is 0 Å². The standard InChI is InChI=1S/C11H16O4/c1-11(2)14-8-5-4-7(10(12)13-3)6-9(8)15-11/h6,8-9H,4-5H2,1-3H3/t8-,9+/m1/s1. The fourth-order valence-corrected chi connectivity index (χ4v) is 2.11. The van der Waals surface area contributed by atoms with E-state index in [1.54, 1.807) is 0 Å². The summed E-state index contributed by atoms with van der Waals surface area (Å²) >= 11 is 0. The van der Waals surface area contributed by atoms with E-state index in [9.17, 15) is 4.79 Å². The SMILES string of the molecule is COC(=O)C1=C[C@@H]2OC(C)(C)O[C@@H]2CC1. The first-order chi connectivity index (χ1) is 7.02. The monoisotopic (exact) mass is 212 g/mol. The molecule has 1 saturated heterocycles. The van der Waals surface area contributed by atoms with Crippen molar-refractivity contribution >= 4 is 5.97 Å². The molecule has 84 valence electrons. The third kappa shape index (κ3) is 2.06. The summed E-state index contributed by atoms with van der Waals surface area (Å²) in [4.78, 5) is 11.3. The normalized spacial score (nSPS) is 33.1. The van der Waals surface area contributed by atoms with Crippen LogP contribution in [0, 0.1) is 0 Å². The molecule has 0 unspecified atom stereocenters. The molecular weight excluding hydrogens is 196 g/mol. The number of methoxy groups -OCH3 is 1. The maximum atomic E-state index is 11.3. The Hall–Kier alpha value is -0.870. The van der Waals surface area contributed by atoms with Gasteiger partial charge in [-0.15, -0.1) is 0 Å². The van der Waals surface area contributed by atoms with Gasteiger partial charge in [-0.1, -0.05) is 0 Å². The molecule has 2 aliphatic rings. The summed E-state index contributed by atoms with van der Waals surface area (Å²) in [5, 5.41) is 0. The highest BCUT2D eigenvalue weighted by atomic mass is 16.7. The zero-order chi connectivity index (χ0) is 11.1. The van der Waals surface area contributed by atoms with E-state index in [4.69, 9.17) is 9.47 Å². The number of fused-ring (bicyclic) bond motifs is 1. The Kier molecular flexibility index (Phi) is 2.56. The predicted octanol–water partition coefficient (Wildman–Crippen LogP) is 1.40. The van der Waals surface area contributed by atoms with Gasteiger partial charge >= 0.3 is 5.97 Å². The fourth-order valence-electron chi connectivity index (χ4n) is 2.11. The number of esters is 1. The van der Waals surface area contributed by atoms with Crippen molar-refractivity contribution in [1.29, 1.82) is 0 Å². The van der Waals surface area contributed by atoms with Crippen molar-refractivity contribution in [2.45, 2.75) is 44.7 Å². The lowest BCUT2D eigenvalue weighted by Gasteiger charge is -2.20. The topological polar surface area (TPSA) is 44.8 Å². The van der Waals surface area contributed by atoms with Gasteiger partial charge in [-0.2, -0.15) is 0 Å². The molecule has 1 heterocycles. The van der Waals surface area contributed by atoms with Crippen LogP contribution in [0.2, 0.25) is 0 Å². The molecule has 1 fully saturated rings. The van der Waals surface area contributed by atoms with E-state index in [1.807, 2.05) is 19.9 Å². The van der Waals surface area contributed by atoms with Crippen molar-refractivity contribution in [3.8, 4) is 0 Å². The molecule has 2 rings (SSSR count). The number of rotatable bonds is 1. The molecule has 0 aromatic carbocycles. The number of hydrogen-bond acceptors (Lipinski definition) is 4. The van der Waals surface area contributed by atoms with Gasteiger partial charge in [0, 0.05) is 5.57 Å². The van der Waals surface area contributed by atoms with Crippen molar-refractivity contribution in [2.75, 3.05) is 7.11 Å². The molecule has 0 aromatic rings. The Morgan fingerprint density at radius 1 is 1.53 bits per heavy atom. The maximum absolute atomic E-state index is 11.3. The summed E-state index contributed by atoms with van der Waals surface area (Å²) < 4.78 is 16.1. The zero-order valence-electron chi connectivity index (χ0n) is 9.28. The van der Waals surface area contributed by atoms with Gasteiger partial charge in [-0.25, -0.2) is 4.79 Å². The highest BCUT2D eigenvalue weighted by Gasteiger charge is 2.42. The summed E-state index contributed by atoms with van der Waals surface area (Å²) in [6.07, 6.45) is 3.31. The minimum Gasteiger partial charge on any atom is -0.466 e. The van der Waals surface area contributed by atoms with Crippen molar-refractivity contribution < 1.29 is 19.0 Å². The average molecular weight is 212 g/mol. The first-order valence-corrected chi connectivity index (χ1v) is 5.16. The summed E-state index contributed by atoms with van der Waals surface area (Å²) in [7, 11) is 1.39. The molecular formula is C11H16O4. The van der Waals surface area contributed by atoms with Gasteiger partial charge in [0.25, 0.3) is 0 Å². The minimum absolute atomic E-state index is 0.0772. The van der Waals surface area contributed by atoms with Gasteiger partial charge in [0.1, 0.15) is 6.10 Å². The summed E-state index contributed by atoms with van der Waals surface area (Å²) in [6.45, 7) is 3.77. The van der Waals surface area contributed by atoms with Crippen LogP contribution in [-0.2, 0) is 19.0 Å². The van der Waals surface area contributed by atoms with Crippen LogP contribution in [0.1, 0.15) is 26.7 Å². The molecule has 0 radical (unpaired) electrons. The van der Waals surface area contributed by atoms with E-state index in [1.165, 1.54) is 7.11 Å². The zero-order valence-corrected chi connectivity index (χ0v) is 9.28. The fraction of sp³-hybridized carbons (Fsp3) is 0.727. The molecule has 2 atom stereocenters. The molecule has 0 spiro atoms. The number of carbonyl (C=O) groups excluding carboxylic acids is 1. The Morgan fingerprint density at radius 2 is 2.27 bits per heavy atom. The van der Waals surface area contributed by atoms with E-state index in [2.05, 4.69) is 4.74 Å². The van der Waals surface area contributed by atoms with Crippen LogP contribution in [0.15, 0.2) is 11.6 Å². The van der Waals surface area contributed by atoms with E-state index < -0.39 is 5.79 Å². The quantitative estimate of drug-likeness (QED) is 0.616.